The maximum atomic E-state index is 11.7. The maximum Gasteiger partial charge on any atom is 0.338 e. The molecule has 22 heavy (non-hydrogen) atoms. The van der Waals surface area contributed by atoms with Crippen molar-refractivity contribution in [2.24, 2.45) is 0 Å². The summed E-state index contributed by atoms with van der Waals surface area (Å²) in [6.07, 6.45) is -0.333. The molecule has 0 amide bonds. The highest BCUT2D eigenvalue weighted by Gasteiger charge is 2.24. The van der Waals surface area contributed by atoms with Crippen LogP contribution in [0.25, 0.3) is 10.2 Å². The van der Waals surface area contributed by atoms with Crippen molar-refractivity contribution >= 4 is 50.8 Å². The highest BCUT2D eigenvalue weighted by Crippen LogP contribution is 2.31. The van der Waals surface area contributed by atoms with Crippen LogP contribution in [-0.2, 0) is 9.53 Å². The Morgan fingerprint density at radius 3 is 2.73 bits per heavy atom. The number of hydrogen-bond donors (Lipinski definition) is 2. The lowest BCUT2D eigenvalue weighted by atomic mass is 10.1. The minimum absolute atomic E-state index is 0.276. The van der Waals surface area contributed by atoms with E-state index in [0.717, 1.165) is 4.70 Å². The van der Waals surface area contributed by atoms with Crippen molar-refractivity contribution in [1.82, 2.24) is 4.98 Å². The Kier molecular flexibility index (Phi) is 5.04. The minimum atomic E-state index is -1.08. The molecule has 0 fully saturated rings. The summed E-state index contributed by atoms with van der Waals surface area (Å²) in [6.45, 7) is 1.99. The van der Waals surface area contributed by atoms with E-state index in [1.807, 2.05) is 0 Å². The number of rotatable bonds is 6. The van der Waals surface area contributed by atoms with Crippen LogP contribution in [0.2, 0.25) is 0 Å². The Morgan fingerprint density at radius 2 is 2.14 bits per heavy atom. The van der Waals surface area contributed by atoms with Crippen molar-refractivity contribution in [3.05, 3.63) is 28.8 Å². The van der Waals surface area contributed by atoms with Gasteiger partial charge in [0.2, 0.25) is 0 Å². The number of aliphatic hydroxyl groups excluding tert-OH is 1. The fraction of sp³-hybridized carbons (Fsp3) is 0.286. The number of esters is 1. The van der Waals surface area contributed by atoms with E-state index in [4.69, 9.17) is 22.1 Å². The number of aromatic nitrogens is 1. The summed E-state index contributed by atoms with van der Waals surface area (Å²) in [5, 5.41) is 18.4. The molecule has 6 nitrogen and oxygen atoms in total. The van der Waals surface area contributed by atoms with Gasteiger partial charge >= 0.3 is 11.9 Å². The Morgan fingerprint density at radius 1 is 1.41 bits per heavy atom. The van der Waals surface area contributed by atoms with Crippen molar-refractivity contribution < 1.29 is 24.5 Å². The molecule has 0 spiro atoms. The Balaban J connectivity index is 2.39. The SMILES string of the molecule is CCOC(=O)c1ccc2sc(C(CC(=O)O)C(O)=S)nc2c1. The quantitative estimate of drug-likeness (QED) is 0.617. The number of thiazole rings is 1. The highest BCUT2D eigenvalue weighted by molar-refractivity contribution is 7.80. The number of fused-ring (bicyclic) bond motifs is 1. The van der Waals surface area contributed by atoms with Crippen LogP contribution in [0.1, 0.15) is 34.6 Å². The van der Waals surface area contributed by atoms with E-state index in [1.165, 1.54) is 11.3 Å². The van der Waals surface area contributed by atoms with E-state index in [9.17, 15) is 14.7 Å². The van der Waals surface area contributed by atoms with Crippen LogP contribution >= 0.6 is 23.6 Å². The topological polar surface area (TPSA) is 96.7 Å². The lowest BCUT2D eigenvalue weighted by molar-refractivity contribution is -0.137. The Bertz CT molecular complexity index is 740. The molecule has 1 atom stereocenters. The van der Waals surface area contributed by atoms with Gasteiger partial charge in [-0.2, -0.15) is 0 Å². The molecule has 0 aliphatic rings. The van der Waals surface area contributed by atoms with Crippen LogP contribution in [0.15, 0.2) is 18.2 Å². The molecular formula is C14H13NO5S2. The fourth-order valence-electron chi connectivity index (χ4n) is 1.89. The number of ether oxygens (including phenoxy) is 1. The van der Waals surface area contributed by atoms with Crippen LogP contribution in [0.4, 0.5) is 0 Å². The molecule has 1 unspecified atom stereocenters. The molecule has 1 aromatic heterocycles. The lowest BCUT2D eigenvalue weighted by Crippen LogP contribution is -2.14. The van der Waals surface area contributed by atoms with Crippen LogP contribution in [0, 0.1) is 0 Å². The van der Waals surface area contributed by atoms with Gasteiger partial charge in [0.1, 0.15) is 5.01 Å². The fourth-order valence-corrected chi connectivity index (χ4v) is 3.21. The summed E-state index contributed by atoms with van der Waals surface area (Å²) in [5.41, 5.74) is 0.907. The number of carboxylic acid groups (broad SMARTS) is 1. The van der Waals surface area contributed by atoms with Gasteiger partial charge in [0.15, 0.2) is 5.05 Å². The van der Waals surface area contributed by atoms with Gasteiger partial charge in [0, 0.05) is 0 Å². The number of hydrogen-bond acceptors (Lipinski definition) is 6. The molecule has 0 saturated heterocycles. The van der Waals surface area contributed by atoms with Gasteiger partial charge in [-0.05, 0) is 37.3 Å². The smallest absolute Gasteiger partial charge is 0.338 e. The summed E-state index contributed by atoms with van der Waals surface area (Å²) in [7, 11) is 0. The van der Waals surface area contributed by atoms with Crippen molar-refractivity contribution in [3.63, 3.8) is 0 Å². The van der Waals surface area contributed by atoms with Crippen LogP contribution in [0.5, 0.6) is 0 Å². The summed E-state index contributed by atoms with van der Waals surface area (Å²) in [6, 6.07) is 4.90. The second kappa shape index (κ2) is 6.80. The first-order valence-electron chi connectivity index (χ1n) is 6.44. The molecule has 0 bridgehead atoms. The van der Waals surface area contributed by atoms with Gasteiger partial charge in [0.05, 0.1) is 34.7 Å². The first-order chi connectivity index (χ1) is 10.4. The van der Waals surface area contributed by atoms with Crippen molar-refractivity contribution in [2.45, 2.75) is 19.3 Å². The number of thiocarbonyl (C=S) groups is 1. The second-order valence-electron chi connectivity index (χ2n) is 4.44. The standard InChI is InChI=1S/C14H13NO5S2/c1-2-20-13(18)7-3-4-10-9(5-7)15-12(22-10)8(14(19)21)6-11(16)17/h3-5,8H,2,6H2,1H3,(H,16,17)(H,19,21). The first-order valence-corrected chi connectivity index (χ1v) is 7.67. The molecule has 0 aliphatic heterocycles. The zero-order chi connectivity index (χ0) is 16.3. The van der Waals surface area contributed by atoms with E-state index in [2.05, 4.69) is 4.98 Å². The first kappa shape index (κ1) is 16.3. The molecule has 1 aromatic carbocycles. The zero-order valence-electron chi connectivity index (χ0n) is 11.6. The number of nitrogens with zero attached hydrogens (tertiary/aromatic N) is 1. The van der Waals surface area contributed by atoms with Crippen LogP contribution in [0.3, 0.4) is 0 Å². The normalized spacial score (nSPS) is 12.0. The molecule has 8 heteroatoms. The summed E-state index contributed by atoms with van der Waals surface area (Å²) in [4.78, 5) is 26.9. The number of carbonyl (C=O) groups excluding carboxylic acids is 1. The van der Waals surface area contributed by atoms with Crippen molar-refractivity contribution in [1.29, 1.82) is 0 Å². The predicted octanol–water partition coefficient (Wildman–Crippen LogP) is 2.92. The Labute approximate surface area is 135 Å². The lowest BCUT2D eigenvalue weighted by Gasteiger charge is -2.07. The van der Waals surface area contributed by atoms with E-state index < -0.39 is 22.9 Å². The molecule has 0 radical (unpaired) electrons. The van der Waals surface area contributed by atoms with Crippen LogP contribution < -0.4 is 0 Å². The van der Waals surface area contributed by atoms with Crippen molar-refractivity contribution in [2.75, 3.05) is 6.61 Å². The third kappa shape index (κ3) is 3.58. The molecule has 2 rings (SSSR count). The van der Waals surface area contributed by atoms with Gasteiger partial charge in [-0.25, -0.2) is 9.78 Å². The molecule has 2 N–H and O–H groups in total. The number of carboxylic acids is 1. The molecule has 0 saturated carbocycles. The second-order valence-corrected chi connectivity index (χ2v) is 5.92. The monoisotopic (exact) mass is 339 g/mol. The van der Waals surface area contributed by atoms with Gasteiger partial charge in [-0.15, -0.1) is 11.3 Å². The minimum Gasteiger partial charge on any atom is -0.501 e. The molecule has 116 valence electrons. The maximum absolute atomic E-state index is 11.7. The summed E-state index contributed by atoms with van der Waals surface area (Å²) < 4.78 is 5.69. The van der Waals surface area contributed by atoms with Gasteiger partial charge in [-0.3, -0.25) is 4.79 Å². The van der Waals surface area contributed by atoms with Gasteiger partial charge < -0.3 is 14.9 Å². The molecule has 0 aliphatic carbocycles. The average molecular weight is 339 g/mol. The third-order valence-corrected chi connectivity index (χ3v) is 4.32. The number of carbonyl (C=O) groups is 2. The van der Waals surface area contributed by atoms with Gasteiger partial charge in [-0.1, -0.05) is 0 Å². The highest BCUT2D eigenvalue weighted by atomic mass is 32.1. The number of benzene rings is 1. The third-order valence-electron chi connectivity index (χ3n) is 2.89. The number of aliphatic hydroxyl groups is 1. The van der Waals surface area contributed by atoms with Crippen LogP contribution in [-0.4, -0.2) is 38.8 Å². The Hall–Kier alpha value is -2.06. The van der Waals surface area contributed by atoms with E-state index in [-0.39, 0.29) is 13.0 Å². The van der Waals surface area contributed by atoms with Gasteiger partial charge in [0.25, 0.3) is 0 Å². The van der Waals surface area contributed by atoms with E-state index in [1.54, 1.807) is 25.1 Å². The predicted molar refractivity (Wildman–Crippen MR) is 85.8 cm³/mol. The zero-order valence-corrected chi connectivity index (χ0v) is 13.2. The van der Waals surface area contributed by atoms with Crippen molar-refractivity contribution in [3.8, 4) is 0 Å². The largest absolute Gasteiger partial charge is 0.501 e. The molecular weight excluding hydrogens is 326 g/mol. The van der Waals surface area contributed by atoms with E-state index >= 15 is 0 Å². The summed E-state index contributed by atoms with van der Waals surface area (Å²) in [5.74, 6) is -2.36. The van der Waals surface area contributed by atoms with E-state index in [0.29, 0.717) is 16.1 Å². The molecule has 2 aromatic rings. The average Bonchev–Trinajstić information content (AvgIpc) is 2.86. The summed E-state index contributed by atoms with van der Waals surface area (Å²) >= 11 is 5.94. The number of aliphatic carboxylic acids is 1. The molecule has 1 heterocycles.